The van der Waals surface area contributed by atoms with Crippen LogP contribution in [-0.2, 0) is 4.74 Å². The summed E-state index contributed by atoms with van der Waals surface area (Å²) in [5, 5.41) is 5.25. The van der Waals surface area contributed by atoms with Gasteiger partial charge in [-0.25, -0.2) is 4.39 Å². The van der Waals surface area contributed by atoms with Crippen molar-refractivity contribution in [1.82, 2.24) is 5.32 Å². The first-order valence-corrected chi connectivity index (χ1v) is 7.95. The molecule has 0 radical (unpaired) electrons. The molecular formula is C17H16BrFN2O3. The topological polar surface area (TPSA) is 67.4 Å². The number of benzene rings is 2. The molecule has 0 aliphatic carbocycles. The van der Waals surface area contributed by atoms with Crippen molar-refractivity contribution in [2.45, 2.75) is 0 Å². The summed E-state index contributed by atoms with van der Waals surface area (Å²) in [4.78, 5) is 24.4. The van der Waals surface area contributed by atoms with Crippen molar-refractivity contribution in [3.63, 3.8) is 0 Å². The summed E-state index contributed by atoms with van der Waals surface area (Å²) in [6.07, 6.45) is 0. The van der Waals surface area contributed by atoms with Gasteiger partial charge in [0.25, 0.3) is 11.8 Å². The molecule has 0 spiro atoms. The first-order chi connectivity index (χ1) is 11.5. The SMILES string of the molecule is COCCNC(=O)c1ccccc1NC(=O)c1ccc(Br)cc1F. The van der Waals surface area contributed by atoms with E-state index in [-0.39, 0.29) is 11.5 Å². The van der Waals surface area contributed by atoms with E-state index in [9.17, 15) is 14.0 Å². The Hall–Kier alpha value is -2.25. The molecule has 2 rings (SSSR count). The Labute approximate surface area is 147 Å². The third-order valence-electron chi connectivity index (χ3n) is 3.19. The molecule has 0 saturated heterocycles. The summed E-state index contributed by atoms with van der Waals surface area (Å²) in [5.41, 5.74) is 0.493. The molecule has 0 bridgehead atoms. The molecule has 0 aromatic heterocycles. The van der Waals surface area contributed by atoms with Crippen LogP contribution >= 0.6 is 15.9 Å². The molecule has 2 amide bonds. The number of anilines is 1. The second-order valence-electron chi connectivity index (χ2n) is 4.87. The van der Waals surface area contributed by atoms with Crippen LogP contribution in [0.3, 0.4) is 0 Å². The third-order valence-corrected chi connectivity index (χ3v) is 3.68. The molecule has 2 aromatic carbocycles. The molecular weight excluding hydrogens is 379 g/mol. The quantitative estimate of drug-likeness (QED) is 0.739. The Morgan fingerprint density at radius 2 is 1.88 bits per heavy atom. The standard InChI is InChI=1S/C17H16BrFN2O3/c1-24-9-8-20-16(22)13-4-2-3-5-15(13)21-17(23)12-7-6-11(18)10-14(12)19/h2-7,10H,8-9H2,1H3,(H,20,22)(H,21,23). The molecule has 2 aromatic rings. The van der Waals surface area contributed by atoms with Crippen molar-refractivity contribution in [3.8, 4) is 0 Å². The number of amides is 2. The van der Waals surface area contributed by atoms with Crippen LogP contribution in [0.15, 0.2) is 46.9 Å². The highest BCUT2D eigenvalue weighted by molar-refractivity contribution is 9.10. The smallest absolute Gasteiger partial charge is 0.258 e. The van der Waals surface area contributed by atoms with E-state index in [1.165, 1.54) is 19.2 Å². The van der Waals surface area contributed by atoms with E-state index in [1.807, 2.05) is 0 Å². The van der Waals surface area contributed by atoms with Gasteiger partial charge in [-0.2, -0.15) is 0 Å². The molecule has 0 saturated carbocycles. The number of carbonyl (C=O) groups excluding carboxylic acids is 2. The predicted molar refractivity (Wildman–Crippen MR) is 92.7 cm³/mol. The van der Waals surface area contributed by atoms with Gasteiger partial charge >= 0.3 is 0 Å². The molecule has 0 unspecified atom stereocenters. The van der Waals surface area contributed by atoms with Crippen molar-refractivity contribution in [2.24, 2.45) is 0 Å². The van der Waals surface area contributed by atoms with Crippen molar-refractivity contribution < 1.29 is 18.7 Å². The fourth-order valence-electron chi connectivity index (χ4n) is 2.02. The van der Waals surface area contributed by atoms with E-state index in [2.05, 4.69) is 26.6 Å². The zero-order valence-electron chi connectivity index (χ0n) is 12.9. The minimum absolute atomic E-state index is 0.104. The second-order valence-corrected chi connectivity index (χ2v) is 5.79. The molecule has 0 aliphatic heterocycles. The summed E-state index contributed by atoms with van der Waals surface area (Å²) in [6, 6.07) is 10.7. The maximum absolute atomic E-state index is 13.9. The number of nitrogens with one attached hydrogen (secondary N) is 2. The van der Waals surface area contributed by atoms with Crippen LogP contribution in [0.5, 0.6) is 0 Å². The highest BCUT2D eigenvalue weighted by Gasteiger charge is 2.16. The normalized spacial score (nSPS) is 10.3. The largest absolute Gasteiger partial charge is 0.383 e. The number of hydrogen-bond acceptors (Lipinski definition) is 3. The lowest BCUT2D eigenvalue weighted by Gasteiger charge is -2.12. The van der Waals surface area contributed by atoms with Crippen molar-refractivity contribution >= 4 is 33.4 Å². The van der Waals surface area contributed by atoms with E-state index in [0.717, 1.165) is 0 Å². The molecule has 126 valence electrons. The average molecular weight is 395 g/mol. The van der Waals surface area contributed by atoms with E-state index < -0.39 is 11.7 Å². The van der Waals surface area contributed by atoms with Crippen LogP contribution in [0.2, 0.25) is 0 Å². The molecule has 0 aliphatic rings. The molecule has 24 heavy (non-hydrogen) atoms. The van der Waals surface area contributed by atoms with Crippen LogP contribution in [0, 0.1) is 5.82 Å². The number of methoxy groups -OCH3 is 1. The number of para-hydroxylation sites is 1. The minimum atomic E-state index is -0.649. The summed E-state index contributed by atoms with van der Waals surface area (Å²) in [6.45, 7) is 0.726. The monoisotopic (exact) mass is 394 g/mol. The summed E-state index contributed by atoms with van der Waals surface area (Å²) in [7, 11) is 1.53. The van der Waals surface area contributed by atoms with E-state index in [1.54, 1.807) is 30.3 Å². The van der Waals surface area contributed by atoms with Gasteiger partial charge < -0.3 is 15.4 Å². The summed E-state index contributed by atoms with van der Waals surface area (Å²) in [5.74, 6) is -1.62. The molecule has 0 heterocycles. The van der Waals surface area contributed by atoms with Gasteiger partial charge in [-0.3, -0.25) is 9.59 Å². The van der Waals surface area contributed by atoms with Crippen molar-refractivity contribution in [1.29, 1.82) is 0 Å². The van der Waals surface area contributed by atoms with Crippen molar-refractivity contribution in [3.05, 3.63) is 63.9 Å². The van der Waals surface area contributed by atoms with E-state index in [0.29, 0.717) is 28.9 Å². The molecule has 2 N–H and O–H groups in total. The van der Waals surface area contributed by atoms with Crippen LogP contribution < -0.4 is 10.6 Å². The Balaban J connectivity index is 2.17. The molecule has 0 fully saturated rings. The van der Waals surface area contributed by atoms with Crippen molar-refractivity contribution in [2.75, 3.05) is 25.6 Å². The summed E-state index contributed by atoms with van der Waals surface area (Å²) >= 11 is 3.14. The van der Waals surface area contributed by atoms with E-state index >= 15 is 0 Å². The third kappa shape index (κ3) is 4.62. The Bertz CT molecular complexity index is 752. The van der Waals surface area contributed by atoms with Gasteiger partial charge in [0.15, 0.2) is 0 Å². The van der Waals surface area contributed by atoms with Gasteiger partial charge in [-0.15, -0.1) is 0 Å². The van der Waals surface area contributed by atoms with Gasteiger partial charge in [0.2, 0.25) is 0 Å². The van der Waals surface area contributed by atoms with E-state index in [4.69, 9.17) is 4.74 Å². The predicted octanol–water partition coefficient (Wildman–Crippen LogP) is 3.22. The Morgan fingerprint density at radius 3 is 2.58 bits per heavy atom. The average Bonchev–Trinajstić information content (AvgIpc) is 2.55. The lowest BCUT2D eigenvalue weighted by Crippen LogP contribution is -2.28. The number of carbonyl (C=O) groups is 2. The maximum atomic E-state index is 13.9. The first kappa shape index (κ1) is 18.1. The fourth-order valence-corrected chi connectivity index (χ4v) is 2.35. The first-order valence-electron chi connectivity index (χ1n) is 7.15. The van der Waals surface area contributed by atoms with Crippen LogP contribution in [0.4, 0.5) is 10.1 Å². The van der Waals surface area contributed by atoms with Crippen LogP contribution in [0.25, 0.3) is 0 Å². The van der Waals surface area contributed by atoms with Gasteiger partial charge in [-0.05, 0) is 30.3 Å². The summed E-state index contributed by atoms with van der Waals surface area (Å²) < 4.78 is 19.3. The Morgan fingerprint density at radius 1 is 1.12 bits per heavy atom. The lowest BCUT2D eigenvalue weighted by atomic mass is 10.1. The van der Waals surface area contributed by atoms with Crippen LogP contribution in [-0.4, -0.2) is 32.1 Å². The Kier molecular flexibility index (Phi) is 6.45. The lowest BCUT2D eigenvalue weighted by molar-refractivity contribution is 0.0938. The number of halogens is 2. The second kappa shape index (κ2) is 8.56. The number of ether oxygens (including phenoxy) is 1. The zero-order chi connectivity index (χ0) is 17.5. The molecule has 5 nitrogen and oxygen atoms in total. The van der Waals surface area contributed by atoms with Gasteiger partial charge in [0.1, 0.15) is 5.82 Å². The van der Waals surface area contributed by atoms with Crippen LogP contribution in [0.1, 0.15) is 20.7 Å². The minimum Gasteiger partial charge on any atom is -0.383 e. The number of hydrogen-bond donors (Lipinski definition) is 2. The fraction of sp³-hybridized carbons (Fsp3) is 0.176. The van der Waals surface area contributed by atoms with Gasteiger partial charge in [0.05, 0.1) is 23.4 Å². The van der Waals surface area contributed by atoms with Gasteiger partial charge in [-0.1, -0.05) is 28.1 Å². The highest BCUT2D eigenvalue weighted by atomic mass is 79.9. The highest BCUT2D eigenvalue weighted by Crippen LogP contribution is 2.19. The zero-order valence-corrected chi connectivity index (χ0v) is 14.5. The number of rotatable bonds is 6. The van der Waals surface area contributed by atoms with Gasteiger partial charge in [0, 0.05) is 18.1 Å². The molecule has 0 atom stereocenters. The molecule has 7 heteroatoms. The maximum Gasteiger partial charge on any atom is 0.258 e.